The third-order valence-electron chi connectivity index (χ3n) is 5.42. The molecule has 2 fully saturated rings. The van der Waals surface area contributed by atoms with Gasteiger partial charge < -0.3 is 16.0 Å². The molecule has 1 aliphatic carbocycles. The van der Waals surface area contributed by atoms with Crippen molar-refractivity contribution < 1.29 is 4.79 Å². The van der Waals surface area contributed by atoms with Crippen LogP contribution in [-0.2, 0) is 11.8 Å². The molecule has 2 aliphatic rings. The summed E-state index contributed by atoms with van der Waals surface area (Å²) >= 11 is 0. The SMILES string of the molecule is Cn1cc([C@H]2CNC[C@@H]2C(=O)NCCNC2CCCCCC2)cn1. The molecule has 134 valence electrons. The van der Waals surface area contributed by atoms with Gasteiger partial charge in [0.25, 0.3) is 0 Å². The van der Waals surface area contributed by atoms with Crippen molar-refractivity contribution in [3.8, 4) is 0 Å². The van der Waals surface area contributed by atoms with E-state index in [0.29, 0.717) is 12.6 Å². The highest BCUT2D eigenvalue weighted by Crippen LogP contribution is 2.27. The summed E-state index contributed by atoms with van der Waals surface area (Å²) in [5.41, 5.74) is 1.15. The van der Waals surface area contributed by atoms with Crippen LogP contribution in [0.5, 0.6) is 0 Å². The molecule has 0 radical (unpaired) electrons. The fourth-order valence-electron chi connectivity index (χ4n) is 4.01. The number of nitrogens with zero attached hydrogens (tertiary/aromatic N) is 2. The third-order valence-corrected chi connectivity index (χ3v) is 5.42. The number of amides is 1. The van der Waals surface area contributed by atoms with Gasteiger partial charge in [0.15, 0.2) is 0 Å². The summed E-state index contributed by atoms with van der Waals surface area (Å²) in [7, 11) is 1.92. The minimum atomic E-state index is 0.00656. The van der Waals surface area contributed by atoms with Crippen molar-refractivity contribution in [1.29, 1.82) is 0 Å². The Morgan fingerprint density at radius 3 is 2.75 bits per heavy atom. The molecule has 6 nitrogen and oxygen atoms in total. The molecular formula is C18H31N5O. The first-order valence-electron chi connectivity index (χ1n) is 9.44. The third kappa shape index (κ3) is 4.57. The van der Waals surface area contributed by atoms with E-state index < -0.39 is 0 Å². The molecule has 1 aliphatic heterocycles. The Bertz CT molecular complexity index is 521. The predicted octanol–water partition coefficient (Wildman–Crippen LogP) is 1.15. The highest BCUT2D eigenvalue weighted by Gasteiger charge is 2.34. The molecule has 2 atom stereocenters. The van der Waals surface area contributed by atoms with E-state index in [1.165, 1.54) is 38.5 Å². The zero-order chi connectivity index (χ0) is 16.8. The van der Waals surface area contributed by atoms with Gasteiger partial charge >= 0.3 is 0 Å². The molecule has 3 rings (SSSR count). The number of aromatic nitrogens is 2. The van der Waals surface area contributed by atoms with E-state index in [2.05, 4.69) is 21.0 Å². The van der Waals surface area contributed by atoms with Gasteiger partial charge in [-0.3, -0.25) is 9.48 Å². The second kappa shape index (κ2) is 8.62. The molecule has 1 amide bonds. The lowest BCUT2D eigenvalue weighted by atomic mass is 9.90. The van der Waals surface area contributed by atoms with Gasteiger partial charge in [-0.2, -0.15) is 5.10 Å². The van der Waals surface area contributed by atoms with E-state index >= 15 is 0 Å². The molecule has 1 aromatic rings. The van der Waals surface area contributed by atoms with Crippen LogP contribution in [0.3, 0.4) is 0 Å². The van der Waals surface area contributed by atoms with Crippen molar-refractivity contribution in [2.75, 3.05) is 26.2 Å². The van der Waals surface area contributed by atoms with Gasteiger partial charge in [-0.25, -0.2) is 0 Å². The highest BCUT2D eigenvalue weighted by molar-refractivity contribution is 5.80. The van der Waals surface area contributed by atoms with Crippen molar-refractivity contribution in [1.82, 2.24) is 25.7 Å². The van der Waals surface area contributed by atoms with Crippen molar-refractivity contribution in [3.63, 3.8) is 0 Å². The molecule has 0 bridgehead atoms. The molecule has 24 heavy (non-hydrogen) atoms. The van der Waals surface area contributed by atoms with Crippen LogP contribution in [-0.4, -0.2) is 47.9 Å². The molecule has 6 heteroatoms. The lowest BCUT2D eigenvalue weighted by Crippen LogP contribution is -2.40. The van der Waals surface area contributed by atoms with E-state index in [0.717, 1.165) is 25.2 Å². The van der Waals surface area contributed by atoms with E-state index in [1.807, 2.05) is 19.4 Å². The van der Waals surface area contributed by atoms with Gasteiger partial charge in [0.05, 0.1) is 12.1 Å². The smallest absolute Gasteiger partial charge is 0.225 e. The first kappa shape index (κ1) is 17.4. The normalized spacial score (nSPS) is 25.5. The minimum absolute atomic E-state index is 0.00656. The van der Waals surface area contributed by atoms with Crippen molar-refractivity contribution in [2.24, 2.45) is 13.0 Å². The largest absolute Gasteiger partial charge is 0.355 e. The number of carbonyl (C=O) groups is 1. The van der Waals surface area contributed by atoms with Crippen LogP contribution in [0.25, 0.3) is 0 Å². The standard InChI is InChI=1S/C18H31N5O/c1-23-13-14(10-22-23)16-11-19-12-17(16)18(24)21-9-8-20-15-6-4-2-3-5-7-15/h10,13,15-17,19-20H,2-9,11-12H2,1H3,(H,21,24)/t16-,17+/m1/s1. The average Bonchev–Trinajstić information content (AvgIpc) is 3.14. The topological polar surface area (TPSA) is 71.0 Å². The minimum Gasteiger partial charge on any atom is -0.355 e. The molecule has 1 saturated carbocycles. The number of hydrogen-bond acceptors (Lipinski definition) is 4. The summed E-state index contributed by atoms with van der Waals surface area (Å²) in [5.74, 6) is 0.400. The monoisotopic (exact) mass is 333 g/mol. The van der Waals surface area contributed by atoms with Gasteiger partial charge in [-0.05, 0) is 18.4 Å². The summed E-state index contributed by atoms with van der Waals surface area (Å²) in [4.78, 5) is 12.5. The predicted molar refractivity (Wildman–Crippen MR) is 94.8 cm³/mol. The van der Waals surface area contributed by atoms with Crippen LogP contribution in [0.1, 0.15) is 50.0 Å². The van der Waals surface area contributed by atoms with Crippen LogP contribution in [0.2, 0.25) is 0 Å². The summed E-state index contributed by atoms with van der Waals surface area (Å²) in [6, 6.07) is 0.640. The van der Waals surface area contributed by atoms with Crippen LogP contribution in [0.15, 0.2) is 12.4 Å². The second-order valence-electron chi connectivity index (χ2n) is 7.25. The zero-order valence-corrected chi connectivity index (χ0v) is 14.8. The Kier molecular flexibility index (Phi) is 6.26. The van der Waals surface area contributed by atoms with Gasteiger partial charge in [-0.15, -0.1) is 0 Å². The van der Waals surface area contributed by atoms with Crippen LogP contribution in [0.4, 0.5) is 0 Å². The Hall–Kier alpha value is -1.40. The average molecular weight is 333 g/mol. The summed E-state index contributed by atoms with van der Waals surface area (Å²) in [6.07, 6.45) is 11.9. The van der Waals surface area contributed by atoms with E-state index in [1.54, 1.807) is 4.68 Å². The van der Waals surface area contributed by atoms with E-state index in [9.17, 15) is 4.79 Å². The molecule has 2 heterocycles. The molecular weight excluding hydrogens is 302 g/mol. The lowest BCUT2D eigenvalue weighted by molar-refractivity contribution is -0.124. The maximum Gasteiger partial charge on any atom is 0.225 e. The molecule has 0 spiro atoms. The Morgan fingerprint density at radius 2 is 2.04 bits per heavy atom. The molecule has 3 N–H and O–H groups in total. The van der Waals surface area contributed by atoms with Gasteiger partial charge in [0.1, 0.15) is 0 Å². The van der Waals surface area contributed by atoms with Gasteiger partial charge in [-0.1, -0.05) is 25.7 Å². The Labute approximate surface area is 144 Å². The molecule has 1 saturated heterocycles. The quantitative estimate of drug-likeness (QED) is 0.539. The maximum atomic E-state index is 12.5. The lowest BCUT2D eigenvalue weighted by Gasteiger charge is -2.19. The first-order chi connectivity index (χ1) is 11.7. The molecule has 0 aromatic carbocycles. The maximum absolute atomic E-state index is 12.5. The molecule has 0 unspecified atom stereocenters. The van der Waals surface area contributed by atoms with E-state index in [4.69, 9.17) is 0 Å². The fourth-order valence-corrected chi connectivity index (χ4v) is 4.01. The Balaban J connectivity index is 1.41. The van der Waals surface area contributed by atoms with Crippen molar-refractivity contribution >= 4 is 5.91 Å². The van der Waals surface area contributed by atoms with Gasteiger partial charge in [0, 0.05) is 51.4 Å². The number of carbonyl (C=O) groups excluding carboxylic acids is 1. The number of hydrogen-bond donors (Lipinski definition) is 3. The van der Waals surface area contributed by atoms with E-state index in [-0.39, 0.29) is 17.7 Å². The second-order valence-corrected chi connectivity index (χ2v) is 7.25. The first-order valence-corrected chi connectivity index (χ1v) is 9.44. The van der Waals surface area contributed by atoms with Gasteiger partial charge in [0.2, 0.25) is 5.91 Å². The summed E-state index contributed by atoms with van der Waals surface area (Å²) < 4.78 is 1.80. The van der Waals surface area contributed by atoms with Crippen molar-refractivity contribution in [3.05, 3.63) is 18.0 Å². The van der Waals surface area contributed by atoms with Crippen LogP contribution in [0, 0.1) is 5.92 Å². The highest BCUT2D eigenvalue weighted by atomic mass is 16.1. The van der Waals surface area contributed by atoms with Crippen LogP contribution < -0.4 is 16.0 Å². The van der Waals surface area contributed by atoms with Crippen LogP contribution >= 0.6 is 0 Å². The fraction of sp³-hybridized carbons (Fsp3) is 0.778. The summed E-state index contributed by atoms with van der Waals surface area (Å²) in [5, 5.41) is 14.3. The number of rotatable bonds is 6. The van der Waals surface area contributed by atoms with Crippen molar-refractivity contribution in [2.45, 2.75) is 50.5 Å². The molecule has 1 aromatic heterocycles. The number of nitrogens with one attached hydrogen (secondary N) is 3. The zero-order valence-electron chi connectivity index (χ0n) is 14.8. The summed E-state index contributed by atoms with van der Waals surface area (Å²) in [6.45, 7) is 3.19. The Morgan fingerprint density at radius 1 is 1.25 bits per heavy atom. The number of aryl methyl sites for hydroxylation is 1.